The van der Waals surface area contributed by atoms with Crippen LogP contribution in [0.25, 0.3) is 0 Å². The van der Waals surface area contributed by atoms with Gasteiger partial charge in [-0.25, -0.2) is 10.9 Å². The summed E-state index contributed by atoms with van der Waals surface area (Å²) in [4.78, 5) is 36.2. The minimum atomic E-state index is -4.61. The molecule has 0 radical (unpaired) electrons. The molecule has 4 rings (SSSR count). The van der Waals surface area contributed by atoms with Gasteiger partial charge in [0.05, 0.1) is 34.6 Å². The summed E-state index contributed by atoms with van der Waals surface area (Å²) < 4.78 is 67.3. The van der Waals surface area contributed by atoms with E-state index in [1.807, 2.05) is 31.7 Å². The molecule has 54 heavy (non-hydrogen) atoms. The van der Waals surface area contributed by atoms with Crippen molar-refractivity contribution in [1.82, 2.24) is 10.5 Å². The van der Waals surface area contributed by atoms with Gasteiger partial charge in [0, 0.05) is 41.5 Å². The number of likely N-dealkylation sites (N-methyl/N-ethyl adjacent to an activating group) is 1. The minimum absolute atomic E-state index is 0.0297. The average Bonchev–Trinajstić information content (AvgIpc) is 3.48. The molecule has 2 aliphatic heterocycles. The van der Waals surface area contributed by atoms with E-state index in [0.717, 1.165) is 10.6 Å². The Bertz CT molecular complexity index is 2250. The van der Waals surface area contributed by atoms with E-state index in [0.29, 0.717) is 39.5 Å². The van der Waals surface area contributed by atoms with Crippen molar-refractivity contribution in [3.63, 3.8) is 0 Å². The predicted octanol–water partition coefficient (Wildman–Crippen LogP) is 4.82. The number of aliphatic imine (C=N–C) groups is 1. The van der Waals surface area contributed by atoms with Crippen molar-refractivity contribution in [1.29, 1.82) is 0 Å². The minimum Gasteiger partial charge on any atom is -0.344 e. The molecule has 2 heterocycles. The van der Waals surface area contributed by atoms with Gasteiger partial charge < -0.3 is 4.90 Å². The number of nitrogens with zero attached hydrogens (tertiary/aromatic N) is 3. The van der Waals surface area contributed by atoms with E-state index in [1.54, 1.807) is 67.6 Å². The normalized spacial score (nSPS) is 20.3. The molecule has 2 aromatic rings. The third kappa shape index (κ3) is 8.70. The first-order valence-corrected chi connectivity index (χ1v) is 19.8. The topological polar surface area (TPSA) is 209 Å². The van der Waals surface area contributed by atoms with Crippen molar-refractivity contribution >= 4 is 43.4 Å². The molecule has 0 saturated carbocycles. The Morgan fingerprint density at radius 3 is 2.30 bits per heavy atom. The molecule has 5 N–H and O–H groups in total. The monoisotopic (exact) mass is 779 g/mol. The number of carbonyl (C=O) groups excluding carboxylic acids is 2. The predicted molar refractivity (Wildman–Crippen MR) is 208 cm³/mol. The lowest BCUT2D eigenvalue weighted by atomic mass is 9.75. The van der Waals surface area contributed by atoms with Crippen LogP contribution < -0.4 is 16.2 Å². The smallest absolute Gasteiger partial charge is 0.294 e. The van der Waals surface area contributed by atoms with E-state index in [1.165, 1.54) is 32.4 Å². The largest absolute Gasteiger partial charge is 0.344 e. The maximum absolute atomic E-state index is 12.8. The number of rotatable bonds is 13. The number of hydrogen-bond donors (Lipinski definition) is 4. The standard InChI is InChI=1S/C38H45N5O9S2/c1-8-26(36(45)42(6)52-7)23-30-25(2)40-33(37(30,3)4)13-10-9-11-14-34-38(5,28-17-15-27(16-18-28)35(44)41-39)31-24-29(54(49,50)51)19-20-32(31)43(34)21-12-22-53(46,47)48/h8-11,13-20,23-24H,2,12,21-22,39H2,1,3-7H3,(H,41,44)(H,46,47,48)(H,49,50,51)/b11-9+,13-10+,26-8+,30-23+,34-14+. The molecule has 2 aliphatic rings. The molecule has 0 saturated heterocycles. The molecule has 0 aromatic heterocycles. The molecule has 288 valence electrons. The maximum Gasteiger partial charge on any atom is 0.294 e. The molecule has 14 nitrogen and oxygen atoms in total. The van der Waals surface area contributed by atoms with Gasteiger partial charge in [0.1, 0.15) is 0 Å². The summed E-state index contributed by atoms with van der Waals surface area (Å²) in [6.07, 6.45) is 12.4. The fourth-order valence-corrected chi connectivity index (χ4v) is 7.49. The molecule has 2 amide bonds. The Kier molecular flexibility index (Phi) is 12.5. The van der Waals surface area contributed by atoms with E-state index in [9.17, 15) is 35.5 Å². The third-order valence-electron chi connectivity index (χ3n) is 9.57. The number of benzene rings is 2. The van der Waals surface area contributed by atoms with Gasteiger partial charge in [-0.3, -0.25) is 34.0 Å². The van der Waals surface area contributed by atoms with Gasteiger partial charge >= 0.3 is 0 Å². The third-order valence-corrected chi connectivity index (χ3v) is 11.2. The van der Waals surface area contributed by atoms with Crippen molar-refractivity contribution in [3.8, 4) is 0 Å². The highest BCUT2D eigenvalue weighted by molar-refractivity contribution is 7.86. The Labute approximate surface area is 316 Å². The van der Waals surface area contributed by atoms with Gasteiger partial charge in [-0.15, -0.1) is 0 Å². The van der Waals surface area contributed by atoms with Crippen molar-refractivity contribution < 1.29 is 40.4 Å². The van der Waals surface area contributed by atoms with Gasteiger partial charge in [-0.1, -0.05) is 56.9 Å². The van der Waals surface area contributed by atoms with Crippen molar-refractivity contribution in [2.24, 2.45) is 16.3 Å². The van der Waals surface area contributed by atoms with Crippen molar-refractivity contribution in [3.05, 3.63) is 131 Å². The maximum atomic E-state index is 12.8. The molecule has 0 fully saturated rings. The fraction of sp³-hybridized carbons (Fsp3) is 0.289. The molecule has 16 heteroatoms. The van der Waals surface area contributed by atoms with E-state index in [2.05, 4.69) is 17.0 Å². The van der Waals surface area contributed by atoms with Crippen molar-refractivity contribution in [2.75, 3.05) is 31.4 Å². The van der Waals surface area contributed by atoms with E-state index in [-0.39, 0.29) is 29.3 Å². The number of fused-ring (bicyclic) bond motifs is 1. The van der Waals surface area contributed by atoms with Crippen LogP contribution in [0.4, 0.5) is 5.69 Å². The lowest BCUT2D eigenvalue weighted by Gasteiger charge is -2.31. The lowest BCUT2D eigenvalue weighted by molar-refractivity contribution is -0.163. The molecule has 1 atom stereocenters. The van der Waals surface area contributed by atoms with Crippen LogP contribution in [-0.4, -0.2) is 75.0 Å². The summed E-state index contributed by atoms with van der Waals surface area (Å²) in [5.74, 6) is 3.97. The van der Waals surface area contributed by atoms with Crippen LogP contribution in [-0.2, 0) is 35.3 Å². The van der Waals surface area contributed by atoms with Crippen LogP contribution in [0.3, 0.4) is 0 Å². The molecule has 1 unspecified atom stereocenters. The zero-order chi connectivity index (χ0) is 40.2. The summed E-state index contributed by atoms with van der Waals surface area (Å²) in [5.41, 5.74) is 5.36. The van der Waals surface area contributed by atoms with Gasteiger partial charge in [0.2, 0.25) is 0 Å². The molecular formula is C38H45N5O9S2. The molecule has 0 spiro atoms. The van der Waals surface area contributed by atoms with E-state index < -0.39 is 42.7 Å². The number of anilines is 1. The number of hydrazine groups is 1. The second kappa shape index (κ2) is 16.2. The number of amides is 2. The highest BCUT2D eigenvalue weighted by Gasteiger charge is 2.45. The Balaban J connectivity index is 1.78. The van der Waals surface area contributed by atoms with Gasteiger partial charge in [-0.05, 0) is 85.5 Å². The highest BCUT2D eigenvalue weighted by Crippen LogP contribution is 2.52. The lowest BCUT2D eigenvalue weighted by Crippen LogP contribution is -2.32. The number of nitrogens with one attached hydrogen (secondary N) is 1. The Morgan fingerprint density at radius 2 is 1.72 bits per heavy atom. The first-order valence-electron chi connectivity index (χ1n) is 16.7. The van der Waals surface area contributed by atoms with Gasteiger partial charge in [0.15, 0.2) is 0 Å². The first kappa shape index (κ1) is 41.8. The second-order valence-corrected chi connectivity index (χ2v) is 16.3. The summed E-state index contributed by atoms with van der Waals surface area (Å²) in [6, 6.07) is 10.7. The number of nitrogens with two attached hydrogens (primary N) is 1. The van der Waals surface area contributed by atoms with E-state index in [4.69, 9.17) is 10.7 Å². The zero-order valence-electron chi connectivity index (χ0n) is 30.9. The summed E-state index contributed by atoms with van der Waals surface area (Å²) in [5, 5.41) is 1.13. The van der Waals surface area contributed by atoms with Crippen LogP contribution >= 0.6 is 0 Å². The second-order valence-electron chi connectivity index (χ2n) is 13.3. The number of hydroxylamine groups is 2. The van der Waals surface area contributed by atoms with Crippen LogP contribution in [0, 0.1) is 5.41 Å². The number of carbonyl (C=O) groups is 2. The molecular weight excluding hydrogens is 735 g/mol. The summed E-state index contributed by atoms with van der Waals surface area (Å²) in [7, 11) is -5.96. The van der Waals surface area contributed by atoms with Crippen LogP contribution in [0.2, 0.25) is 0 Å². The Morgan fingerprint density at radius 1 is 1.06 bits per heavy atom. The first-order chi connectivity index (χ1) is 25.2. The Hall–Kier alpha value is -4.97. The molecule has 2 aromatic carbocycles. The van der Waals surface area contributed by atoms with Crippen molar-refractivity contribution in [2.45, 2.75) is 44.4 Å². The van der Waals surface area contributed by atoms with Crippen LogP contribution in [0.15, 0.2) is 124 Å². The van der Waals surface area contributed by atoms with Crippen LogP contribution in [0.1, 0.15) is 55.6 Å². The highest BCUT2D eigenvalue weighted by atomic mass is 32.2. The quantitative estimate of drug-likeness (QED) is 0.0541. The SMILES string of the molecule is C=C1N=C(/C=C/C=C/C=C2/N(CCCS(=O)(=O)O)c3ccc(S(=O)(=O)O)cc3C2(C)c2ccc(C(=O)NN)cc2)C(C)(C)/C1=C/C(=C\C)C(=O)N(C)OC. The van der Waals surface area contributed by atoms with Gasteiger partial charge in [-0.2, -0.15) is 16.8 Å². The summed E-state index contributed by atoms with van der Waals surface area (Å²) >= 11 is 0. The summed E-state index contributed by atoms with van der Waals surface area (Å²) in [6.45, 7) is 11.8. The van der Waals surface area contributed by atoms with Gasteiger partial charge in [0.25, 0.3) is 32.1 Å². The average molecular weight is 780 g/mol. The number of hydrogen-bond acceptors (Lipinski definition) is 10. The number of allylic oxidation sites excluding steroid dienone is 8. The number of nitrogen functional groups attached to an aromatic ring is 1. The van der Waals surface area contributed by atoms with Crippen LogP contribution in [0.5, 0.6) is 0 Å². The molecule has 0 aliphatic carbocycles. The fourth-order valence-electron chi connectivity index (χ4n) is 6.49. The zero-order valence-corrected chi connectivity index (χ0v) is 32.5. The van der Waals surface area contributed by atoms with E-state index >= 15 is 0 Å². The molecule has 0 bridgehead atoms.